The predicted octanol–water partition coefficient (Wildman–Crippen LogP) is 4.77. The van der Waals surface area contributed by atoms with E-state index in [0.717, 1.165) is 29.1 Å². The maximum Gasteiger partial charge on any atom is 0.251 e. The van der Waals surface area contributed by atoms with Crippen LogP contribution in [0.4, 0.5) is 0 Å². The van der Waals surface area contributed by atoms with Crippen LogP contribution in [0.3, 0.4) is 0 Å². The molecule has 1 aromatic carbocycles. The molecule has 32 heavy (non-hydrogen) atoms. The molecule has 0 aliphatic rings. The SMILES string of the molecule is CCOCCCOc1cc(C(=O)N[C@H](C)c2ccc(C)nn2)cc(-c2ncc(CC)s2)c1. The molecule has 2 aromatic heterocycles. The first kappa shape index (κ1) is 23.8. The Balaban J connectivity index is 1.80. The third kappa shape index (κ3) is 6.58. The molecule has 3 aromatic rings. The van der Waals surface area contributed by atoms with Crippen LogP contribution >= 0.6 is 11.3 Å². The van der Waals surface area contributed by atoms with E-state index in [-0.39, 0.29) is 11.9 Å². The van der Waals surface area contributed by atoms with Gasteiger partial charge in [-0.05, 0) is 57.5 Å². The summed E-state index contributed by atoms with van der Waals surface area (Å²) in [5.41, 5.74) is 2.92. The molecule has 0 fully saturated rings. The summed E-state index contributed by atoms with van der Waals surface area (Å²) < 4.78 is 11.3. The summed E-state index contributed by atoms with van der Waals surface area (Å²) in [7, 11) is 0. The van der Waals surface area contributed by atoms with Gasteiger partial charge >= 0.3 is 0 Å². The summed E-state index contributed by atoms with van der Waals surface area (Å²) >= 11 is 1.63. The third-order valence-electron chi connectivity index (χ3n) is 4.83. The van der Waals surface area contributed by atoms with Crippen molar-refractivity contribution in [2.45, 2.75) is 46.6 Å². The number of hydrogen-bond donors (Lipinski definition) is 1. The Morgan fingerprint density at radius 2 is 2.00 bits per heavy atom. The maximum absolute atomic E-state index is 13.1. The maximum atomic E-state index is 13.1. The lowest BCUT2D eigenvalue weighted by Gasteiger charge is -2.15. The molecule has 3 rings (SSSR count). The first-order chi connectivity index (χ1) is 15.5. The molecule has 0 aliphatic carbocycles. The van der Waals surface area contributed by atoms with Crippen molar-refractivity contribution in [2.24, 2.45) is 0 Å². The molecule has 0 unspecified atom stereocenters. The first-order valence-electron chi connectivity index (χ1n) is 10.9. The van der Waals surface area contributed by atoms with Crippen LogP contribution in [0, 0.1) is 6.92 Å². The van der Waals surface area contributed by atoms with Gasteiger partial charge < -0.3 is 14.8 Å². The van der Waals surface area contributed by atoms with Crippen molar-refractivity contribution < 1.29 is 14.3 Å². The Morgan fingerprint density at radius 1 is 1.16 bits per heavy atom. The number of nitrogens with zero attached hydrogens (tertiary/aromatic N) is 3. The monoisotopic (exact) mass is 454 g/mol. The predicted molar refractivity (Wildman–Crippen MR) is 126 cm³/mol. The van der Waals surface area contributed by atoms with E-state index >= 15 is 0 Å². The summed E-state index contributed by atoms with van der Waals surface area (Å²) in [6.45, 7) is 9.68. The van der Waals surface area contributed by atoms with Crippen molar-refractivity contribution in [3.8, 4) is 16.3 Å². The summed E-state index contributed by atoms with van der Waals surface area (Å²) in [5.74, 6) is 0.438. The zero-order valence-corrected chi connectivity index (χ0v) is 19.9. The van der Waals surface area contributed by atoms with Gasteiger partial charge in [-0.2, -0.15) is 10.2 Å². The van der Waals surface area contributed by atoms with E-state index < -0.39 is 0 Å². The van der Waals surface area contributed by atoms with Crippen LogP contribution < -0.4 is 10.1 Å². The number of aromatic nitrogens is 3. The lowest BCUT2D eigenvalue weighted by Crippen LogP contribution is -2.27. The van der Waals surface area contributed by atoms with Crippen molar-refractivity contribution in [3.05, 3.63) is 58.4 Å². The molecular weight excluding hydrogens is 424 g/mol. The zero-order chi connectivity index (χ0) is 22.9. The van der Waals surface area contributed by atoms with Crippen LogP contribution in [0.15, 0.2) is 36.5 Å². The van der Waals surface area contributed by atoms with Gasteiger partial charge in [0.15, 0.2) is 0 Å². The highest BCUT2D eigenvalue weighted by atomic mass is 32.1. The summed E-state index contributed by atoms with van der Waals surface area (Å²) in [6, 6.07) is 9.04. The number of carbonyl (C=O) groups is 1. The standard InChI is InChI=1S/C24H30N4O3S/c1-5-21-15-25-24(32-21)19-12-18(13-20(14-19)31-11-7-10-30-6-2)23(29)26-17(4)22-9-8-16(3)27-28-22/h8-9,12-15,17H,5-7,10-11H2,1-4H3,(H,26,29)/t17-/m1/s1. The molecule has 7 nitrogen and oxygen atoms in total. The summed E-state index contributed by atoms with van der Waals surface area (Å²) in [5, 5.41) is 12.1. The molecule has 0 bridgehead atoms. The van der Waals surface area contributed by atoms with Gasteiger partial charge in [0.2, 0.25) is 0 Å². The van der Waals surface area contributed by atoms with Crippen LogP contribution in [-0.4, -0.2) is 40.9 Å². The molecule has 1 atom stereocenters. The van der Waals surface area contributed by atoms with Crippen LogP contribution in [-0.2, 0) is 11.2 Å². The minimum absolute atomic E-state index is 0.201. The van der Waals surface area contributed by atoms with Crippen molar-refractivity contribution in [1.29, 1.82) is 0 Å². The van der Waals surface area contributed by atoms with Gasteiger partial charge in [0.05, 0.1) is 24.0 Å². The molecule has 0 radical (unpaired) electrons. The van der Waals surface area contributed by atoms with Gasteiger partial charge in [-0.1, -0.05) is 6.92 Å². The topological polar surface area (TPSA) is 86.2 Å². The minimum Gasteiger partial charge on any atom is -0.493 e. The third-order valence-corrected chi connectivity index (χ3v) is 6.02. The fourth-order valence-corrected chi connectivity index (χ4v) is 3.87. The van der Waals surface area contributed by atoms with E-state index in [1.807, 2.05) is 51.2 Å². The molecule has 0 saturated carbocycles. The number of hydrogen-bond acceptors (Lipinski definition) is 7. The van der Waals surface area contributed by atoms with Gasteiger partial charge in [0.25, 0.3) is 5.91 Å². The number of rotatable bonds is 11. The number of carbonyl (C=O) groups excluding carboxylic acids is 1. The van der Waals surface area contributed by atoms with Crippen LogP contribution in [0.25, 0.3) is 10.6 Å². The summed E-state index contributed by atoms with van der Waals surface area (Å²) in [4.78, 5) is 18.8. The van der Waals surface area contributed by atoms with E-state index in [9.17, 15) is 4.79 Å². The van der Waals surface area contributed by atoms with Gasteiger partial charge in [-0.25, -0.2) is 4.98 Å². The second kappa shape index (κ2) is 11.7. The minimum atomic E-state index is -0.277. The number of aryl methyl sites for hydroxylation is 2. The van der Waals surface area contributed by atoms with Crippen molar-refractivity contribution in [1.82, 2.24) is 20.5 Å². The fourth-order valence-electron chi connectivity index (χ4n) is 3.03. The molecule has 0 saturated heterocycles. The number of nitrogens with one attached hydrogen (secondary N) is 1. The summed E-state index contributed by atoms with van der Waals surface area (Å²) in [6.07, 6.45) is 3.58. The van der Waals surface area contributed by atoms with Gasteiger partial charge in [-0.15, -0.1) is 11.3 Å². The number of amides is 1. The molecule has 0 aliphatic heterocycles. The van der Waals surface area contributed by atoms with Gasteiger partial charge in [-0.3, -0.25) is 4.79 Å². The largest absolute Gasteiger partial charge is 0.493 e. The fraction of sp³-hybridized carbons (Fsp3) is 0.417. The zero-order valence-electron chi connectivity index (χ0n) is 19.1. The number of thiazole rings is 1. The quantitative estimate of drug-likeness (QED) is 0.420. The molecular formula is C24H30N4O3S. The highest BCUT2D eigenvalue weighted by Gasteiger charge is 2.16. The van der Waals surface area contributed by atoms with Crippen molar-refractivity contribution in [3.63, 3.8) is 0 Å². The molecule has 0 spiro atoms. The Labute approximate surface area is 193 Å². The highest BCUT2D eigenvalue weighted by molar-refractivity contribution is 7.15. The van der Waals surface area contributed by atoms with Crippen molar-refractivity contribution >= 4 is 17.2 Å². The molecule has 2 heterocycles. The van der Waals surface area contributed by atoms with E-state index in [0.29, 0.717) is 36.8 Å². The van der Waals surface area contributed by atoms with Gasteiger partial charge in [0, 0.05) is 41.8 Å². The van der Waals surface area contributed by atoms with E-state index in [1.54, 1.807) is 17.4 Å². The van der Waals surface area contributed by atoms with Crippen LogP contribution in [0.5, 0.6) is 5.75 Å². The van der Waals surface area contributed by atoms with Crippen LogP contribution in [0.1, 0.15) is 59.9 Å². The average Bonchev–Trinajstić information content (AvgIpc) is 3.28. The second-order valence-electron chi connectivity index (χ2n) is 7.43. The van der Waals surface area contributed by atoms with Crippen LogP contribution in [0.2, 0.25) is 0 Å². The van der Waals surface area contributed by atoms with E-state index in [1.165, 1.54) is 4.88 Å². The van der Waals surface area contributed by atoms with E-state index in [4.69, 9.17) is 9.47 Å². The average molecular weight is 455 g/mol. The molecule has 8 heteroatoms. The first-order valence-corrected chi connectivity index (χ1v) is 11.7. The molecule has 1 amide bonds. The number of benzene rings is 1. The smallest absolute Gasteiger partial charge is 0.251 e. The Hall–Kier alpha value is -2.84. The Morgan fingerprint density at radius 3 is 2.69 bits per heavy atom. The van der Waals surface area contributed by atoms with E-state index in [2.05, 4.69) is 27.4 Å². The molecule has 170 valence electrons. The Kier molecular flexibility index (Phi) is 8.70. The second-order valence-corrected chi connectivity index (χ2v) is 8.54. The number of ether oxygens (including phenoxy) is 2. The van der Waals surface area contributed by atoms with Gasteiger partial charge in [0.1, 0.15) is 10.8 Å². The molecule has 1 N–H and O–H groups in total. The highest BCUT2D eigenvalue weighted by Crippen LogP contribution is 2.30. The van der Waals surface area contributed by atoms with Crippen molar-refractivity contribution in [2.75, 3.05) is 19.8 Å². The lowest BCUT2D eigenvalue weighted by atomic mass is 10.1. The normalized spacial score (nSPS) is 11.9. The lowest BCUT2D eigenvalue weighted by molar-refractivity contribution is 0.0938. The Bertz CT molecular complexity index is 1020.